The molecule has 3 heteroatoms. The van der Waals surface area contributed by atoms with Crippen molar-refractivity contribution in [3.63, 3.8) is 0 Å². The third-order valence-corrected chi connectivity index (χ3v) is 2.57. The van der Waals surface area contributed by atoms with Gasteiger partial charge in [0.25, 0.3) is 5.91 Å². The van der Waals surface area contributed by atoms with E-state index in [9.17, 15) is 9.90 Å². The number of nitrogens with one attached hydrogen (secondary N) is 1. The van der Waals surface area contributed by atoms with Gasteiger partial charge in [-0.05, 0) is 25.7 Å². The maximum Gasteiger partial charge on any atom is 0.252 e. The van der Waals surface area contributed by atoms with Crippen LogP contribution in [0.2, 0.25) is 0 Å². The minimum absolute atomic E-state index is 0.157. The highest BCUT2D eigenvalue weighted by molar-refractivity contribution is 5.86. The van der Waals surface area contributed by atoms with Gasteiger partial charge >= 0.3 is 0 Å². The molecule has 2 heterocycles. The van der Waals surface area contributed by atoms with Crippen molar-refractivity contribution in [2.75, 3.05) is 0 Å². The van der Waals surface area contributed by atoms with Crippen molar-refractivity contribution in [1.82, 2.24) is 5.32 Å². The van der Waals surface area contributed by atoms with Crippen molar-refractivity contribution in [3.8, 4) is 0 Å². The van der Waals surface area contributed by atoms with Gasteiger partial charge in [0.2, 0.25) is 0 Å². The number of carbonyl (C=O) groups is 1. The molecule has 0 aromatic rings. The van der Waals surface area contributed by atoms with Crippen molar-refractivity contribution < 1.29 is 9.90 Å². The Morgan fingerprint density at radius 2 is 2.10 bits per heavy atom. The highest BCUT2D eigenvalue weighted by atomic mass is 16.3. The molecule has 0 aromatic carbocycles. The Hall–Kier alpha value is -0.570. The lowest BCUT2D eigenvalue weighted by atomic mass is 9.77. The van der Waals surface area contributed by atoms with Crippen LogP contribution in [-0.4, -0.2) is 22.7 Å². The Bertz CT molecular complexity index is 170. The minimum atomic E-state index is -1.01. The topological polar surface area (TPSA) is 49.3 Å². The lowest BCUT2D eigenvalue weighted by Crippen LogP contribution is -2.60. The summed E-state index contributed by atoms with van der Waals surface area (Å²) in [6.45, 7) is 0. The summed E-state index contributed by atoms with van der Waals surface area (Å²) in [5.74, 6) is -0.157. The van der Waals surface area contributed by atoms with Gasteiger partial charge in [-0.25, -0.2) is 0 Å². The number of amides is 1. The number of fused-ring (bicyclic) bond motifs is 3. The Kier molecular flexibility index (Phi) is 1.06. The van der Waals surface area contributed by atoms with Gasteiger partial charge < -0.3 is 10.4 Å². The zero-order valence-corrected chi connectivity index (χ0v) is 5.76. The Morgan fingerprint density at radius 3 is 2.40 bits per heavy atom. The van der Waals surface area contributed by atoms with Crippen molar-refractivity contribution in [2.24, 2.45) is 0 Å². The zero-order chi connectivity index (χ0) is 7.19. The minimum Gasteiger partial charge on any atom is -0.380 e. The lowest BCUT2D eigenvalue weighted by molar-refractivity contribution is -0.151. The zero-order valence-electron chi connectivity index (χ0n) is 5.76. The Morgan fingerprint density at radius 1 is 1.50 bits per heavy atom. The van der Waals surface area contributed by atoms with Crippen LogP contribution in [0, 0.1) is 0 Å². The molecule has 3 aliphatic rings. The first-order valence-corrected chi connectivity index (χ1v) is 3.74. The predicted molar refractivity (Wildman–Crippen MR) is 35.3 cm³/mol. The third-order valence-electron chi connectivity index (χ3n) is 2.57. The summed E-state index contributed by atoms with van der Waals surface area (Å²) in [5.41, 5.74) is -1.01. The predicted octanol–water partition coefficient (Wildman–Crippen LogP) is -0.210. The molecule has 3 fully saturated rings. The molecule has 0 spiro atoms. The third kappa shape index (κ3) is 0.669. The van der Waals surface area contributed by atoms with Crippen molar-refractivity contribution in [3.05, 3.63) is 0 Å². The molecular weight excluding hydrogens is 130 g/mol. The van der Waals surface area contributed by atoms with Gasteiger partial charge in [-0.3, -0.25) is 4.79 Å². The Labute approximate surface area is 59.4 Å². The second kappa shape index (κ2) is 1.72. The van der Waals surface area contributed by atoms with Crippen molar-refractivity contribution >= 4 is 5.91 Å². The van der Waals surface area contributed by atoms with Gasteiger partial charge in [0.1, 0.15) is 5.60 Å². The number of piperidine rings is 2. The average molecular weight is 141 g/mol. The maximum atomic E-state index is 11.0. The molecule has 56 valence electrons. The van der Waals surface area contributed by atoms with E-state index in [1.807, 2.05) is 0 Å². The van der Waals surface area contributed by atoms with Crippen LogP contribution in [0.5, 0.6) is 0 Å². The summed E-state index contributed by atoms with van der Waals surface area (Å²) < 4.78 is 0. The summed E-state index contributed by atoms with van der Waals surface area (Å²) in [4.78, 5) is 11.0. The Balaban J connectivity index is 2.25. The van der Waals surface area contributed by atoms with E-state index in [0.717, 1.165) is 12.8 Å². The first kappa shape index (κ1) is 6.16. The highest BCUT2D eigenvalue weighted by Crippen LogP contribution is 2.33. The molecule has 10 heavy (non-hydrogen) atoms. The van der Waals surface area contributed by atoms with Crippen molar-refractivity contribution in [1.29, 1.82) is 0 Å². The molecule has 0 radical (unpaired) electrons. The standard InChI is InChI=1S/C7H11NO2/c9-6-7(10)3-1-5(8-6)2-4-7/h5,10H,1-4H2,(H,8,9). The summed E-state index contributed by atoms with van der Waals surface area (Å²) in [6.07, 6.45) is 3.21. The fraction of sp³-hybridized carbons (Fsp3) is 0.857. The van der Waals surface area contributed by atoms with E-state index in [1.54, 1.807) is 0 Å². The second-order valence-electron chi connectivity index (χ2n) is 3.28. The van der Waals surface area contributed by atoms with E-state index >= 15 is 0 Å². The van der Waals surface area contributed by atoms with E-state index in [1.165, 1.54) is 0 Å². The molecule has 0 aromatic heterocycles. The summed E-state index contributed by atoms with van der Waals surface area (Å²) >= 11 is 0. The highest BCUT2D eigenvalue weighted by Gasteiger charge is 2.45. The summed E-state index contributed by atoms with van der Waals surface area (Å²) in [7, 11) is 0. The van der Waals surface area contributed by atoms with Gasteiger partial charge in [-0.15, -0.1) is 0 Å². The quantitative estimate of drug-likeness (QED) is 0.490. The van der Waals surface area contributed by atoms with Gasteiger partial charge in [-0.1, -0.05) is 0 Å². The molecule has 2 saturated heterocycles. The van der Waals surface area contributed by atoms with Crippen molar-refractivity contribution in [2.45, 2.75) is 37.3 Å². The first-order chi connectivity index (χ1) is 4.71. The summed E-state index contributed by atoms with van der Waals surface area (Å²) in [6, 6.07) is 0.349. The normalized spacial score (nSPS) is 45.3. The van der Waals surface area contributed by atoms with E-state index in [2.05, 4.69) is 5.32 Å². The molecule has 0 atom stereocenters. The first-order valence-electron chi connectivity index (χ1n) is 3.74. The number of rotatable bonds is 0. The molecule has 2 bridgehead atoms. The van der Waals surface area contributed by atoms with Crippen LogP contribution >= 0.6 is 0 Å². The molecule has 0 unspecified atom stereocenters. The molecular formula is C7H11NO2. The maximum absolute atomic E-state index is 11.0. The van der Waals surface area contributed by atoms with Crippen LogP contribution in [0.3, 0.4) is 0 Å². The van der Waals surface area contributed by atoms with E-state index < -0.39 is 5.60 Å². The molecule has 2 N–H and O–H groups in total. The molecule has 2 aliphatic heterocycles. The molecule has 1 saturated carbocycles. The van der Waals surface area contributed by atoms with Gasteiger partial charge in [0.05, 0.1) is 0 Å². The molecule has 3 rings (SSSR count). The molecule has 1 aliphatic carbocycles. The molecule has 3 nitrogen and oxygen atoms in total. The number of carbonyl (C=O) groups excluding carboxylic acids is 1. The van der Waals surface area contributed by atoms with Crippen LogP contribution in [0.4, 0.5) is 0 Å². The van der Waals surface area contributed by atoms with E-state index in [0.29, 0.717) is 18.9 Å². The smallest absolute Gasteiger partial charge is 0.252 e. The van der Waals surface area contributed by atoms with Gasteiger partial charge in [0, 0.05) is 6.04 Å². The van der Waals surface area contributed by atoms with Gasteiger partial charge in [0.15, 0.2) is 0 Å². The fourth-order valence-corrected chi connectivity index (χ4v) is 1.79. The van der Waals surface area contributed by atoms with E-state index in [4.69, 9.17) is 0 Å². The van der Waals surface area contributed by atoms with Crippen LogP contribution in [-0.2, 0) is 4.79 Å². The number of aliphatic hydroxyl groups is 1. The second-order valence-corrected chi connectivity index (χ2v) is 3.28. The monoisotopic (exact) mass is 141 g/mol. The van der Waals surface area contributed by atoms with Crippen LogP contribution in [0.15, 0.2) is 0 Å². The van der Waals surface area contributed by atoms with Gasteiger partial charge in [-0.2, -0.15) is 0 Å². The number of hydrogen-bond donors (Lipinski definition) is 2. The fourth-order valence-electron chi connectivity index (χ4n) is 1.79. The lowest BCUT2D eigenvalue weighted by Gasteiger charge is -2.41. The largest absolute Gasteiger partial charge is 0.380 e. The van der Waals surface area contributed by atoms with E-state index in [-0.39, 0.29) is 5.91 Å². The average Bonchev–Trinajstić information content (AvgIpc) is 1.92. The van der Waals surface area contributed by atoms with Crippen LogP contribution in [0.25, 0.3) is 0 Å². The van der Waals surface area contributed by atoms with Crippen LogP contribution in [0.1, 0.15) is 25.7 Å². The molecule has 1 amide bonds. The SMILES string of the molecule is O=C1NC2CCC1(O)CC2. The number of hydrogen-bond acceptors (Lipinski definition) is 2. The summed E-state index contributed by atoms with van der Waals surface area (Å²) in [5, 5.41) is 12.3. The van der Waals surface area contributed by atoms with Crippen LogP contribution < -0.4 is 5.32 Å².